The van der Waals surface area contributed by atoms with Crippen LogP contribution in [0.25, 0.3) is 10.9 Å². The summed E-state index contributed by atoms with van der Waals surface area (Å²) in [4.78, 5) is 29.0. The Hall–Kier alpha value is -3.60. The van der Waals surface area contributed by atoms with Crippen molar-refractivity contribution in [1.29, 1.82) is 0 Å². The Balaban J connectivity index is 1.37. The summed E-state index contributed by atoms with van der Waals surface area (Å²) in [5.41, 5.74) is 6.36. The highest BCUT2D eigenvalue weighted by Gasteiger charge is 2.32. The standard InChI is InChI=1S/C29H33N3O4/c1-36-28(33)9-3-2-6-17-32(18-16-23-19-30-27-8-5-4-7-25(23)27)20-21-10-12-22(13-11-21)24-14-15-26(24)29(34)31-35/h4-5,7-8,10-13,19,24,26,30,35H,2-3,6,9,16-18,20H2,1H3,(H,31,34). The minimum absolute atomic E-state index is 0.152. The Morgan fingerprint density at radius 3 is 2.58 bits per heavy atom. The summed E-state index contributed by atoms with van der Waals surface area (Å²) in [5, 5.41) is 10.2. The van der Waals surface area contributed by atoms with E-state index in [1.807, 2.05) is 18.2 Å². The molecule has 3 N–H and O–H groups in total. The lowest BCUT2D eigenvalue weighted by molar-refractivity contribution is -0.140. The number of hydrogen-bond donors (Lipinski definition) is 3. The molecule has 0 saturated carbocycles. The Morgan fingerprint density at radius 2 is 1.86 bits per heavy atom. The lowest BCUT2D eigenvalue weighted by Crippen LogP contribution is -2.34. The van der Waals surface area contributed by atoms with E-state index < -0.39 is 11.8 Å². The number of amides is 1. The second kappa shape index (κ2) is 12.4. The van der Waals surface area contributed by atoms with E-state index in [2.05, 4.69) is 58.3 Å². The first-order chi connectivity index (χ1) is 17.6. The Labute approximate surface area is 211 Å². The van der Waals surface area contributed by atoms with E-state index in [0.29, 0.717) is 6.42 Å². The third-order valence-electron chi connectivity index (χ3n) is 6.82. The molecule has 0 saturated heterocycles. The number of esters is 1. The summed E-state index contributed by atoms with van der Waals surface area (Å²) in [5.74, 6) is 4.54. The summed E-state index contributed by atoms with van der Waals surface area (Å²) >= 11 is 0. The molecule has 1 heterocycles. The molecule has 2 aromatic carbocycles. The van der Waals surface area contributed by atoms with Crippen molar-refractivity contribution < 1.29 is 19.5 Å². The highest BCUT2D eigenvalue weighted by atomic mass is 16.5. The van der Waals surface area contributed by atoms with Crippen molar-refractivity contribution in [2.24, 2.45) is 5.92 Å². The van der Waals surface area contributed by atoms with Crippen molar-refractivity contribution in [3.8, 4) is 11.8 Å². The fourth-order valence-electron chi connectivity index (χ4n) is 4.67. The molecule has 0 fully saturated rings. The largest absolute Gasteiger partial charge is 0.469 e. The molecular formula is C29H33N3O4. The second-order valence-corrected chi connectivity index (χ2v) is 9.23. The highest BCUT2D eigenvalue weighted by molar-refractivity contribution is 5.84. The number of methoxy groups -OCH3 is 1. The third-order valence-corrected chi connectivity index (χ3v) is 6.82. The first kappa shape index (κ1) is 25.5. The number of aromatic amines is 1. The smallest absolute Gasteiger partial charge is 0.305 e. The molecule has 1 amide bonds. The molecular weight excluding hydrogens is 454 g/mol. The molecule has 2 atom stereocenters. The van der Waals surface area contributed by atoms with Gasteiger partial charge >= 0.3 is 5.97 Å². The van der Waals surface area contributed by atoms with Crippen LogP contribution in [0.2, 0.25) is 0 Å². The van der Waals surface area contributed by atoms with Gasteiger partial charge in [0.15, 0.2) is 0 Å². The summed E-state index contributed by atoms with van der Waals surface area (Å²) in [6.45, 7) is 2.68. The Morgan fingerprint density at radius 1 is 1.06 bits per heavy atom. The van der Waals surface area contributed by atoms with Crippen LogP contribution < -0.4 is 5.48 Å². The zero-order chi connectivity index (χ0) is 25.3. The van der Waals surface area contributed by atoms with Gasteiger partial charge in [-0.05, 0) is 48.6 Å². The molecule has 0 aliphatic heterocycles. The number of H-pyrrole nitrogens is 1. The number of carbonyl (C=O) groups excluding carboxylic acids is 2. The quantitative estimate of drug-likeness (QED) is 0.111. The lowest BCUT2D eigenvalue weighted by Gasteiger charge is -2.24. The van der Waals surface area contributed by atoms with Crippen LogP contribution in [-0.4, -0.2) is 47.2 Å². The number of hydrogen-bond acceptors (Lipinski definition) is 5. The van der Waals surface area contributed by atoms with Crippen LogP contribution in [0.1, 0.15) is 48.3 Å². The van der Waals surface area contributed by atoms with Crippen molar-refractivity contribution in [2.75, 3.05) is 20.2 Å². The number of ether oxygens (including phenoxy) is 1. The predicted octanol–water partition coefficient (Wildman–Crippen LogP) is 4.17. The summed E-state index contributed by atoms with van der Waals surface area (Å²) in [7, 11) is 1.43. The Kier molecular flexibility index (Phi) is 8.77. The molecule has 0 radical (unpaired) electrons. The molecule has 1 aliphatic rings. The fraction of sp³-hybridized carbons (Fsp3) is 0.379. The molecule has 2 unspecified atom stereocenters. The van der Waals surface area contributed by atoms with Crippen molar-refractivity contribution in [2.45, 2.75) is 44.6 Å². The predicted molar refractivity (Wildman–Crippen MR) is 138 cm³/mol. The van der Waals surface area contributed by atoms with E-state index >= 15 is 0 Å². The molecule has 1 aliphatic carbocycles. The number of rotatable bonds is 13. The van der Waals surface area contributed by atoms with E-state index in [9.17, 15) is 9.59 Å². The van der Waals surface area contributed by atoms with Gasteiger partial charge < -0.3 is 9.72 Å². The van der Waals surface area contributed by atoms with Gasteiger partial charge in [0.05, 0.1) is 13.0 Å². The average Bonchev–Trinajstić information content (AvgIpc) is 3.30. The van der Waals surface area contributed by atoms with Crippen LogP contribution in [0, 0.1) is 17.8 Å². The molecule has 7 heteroatoms. The van der Waals surface area contributed by atoms with Crippen molar-refractivity contribution >= 4 is 22.8 Å². The van der Waals surface area contributed by atoms with Crippen molar-refractivity contribution in [3.05, 3.63) is 71.4 Å². The molecule has 0 bridgehead atoms. The molecule has 1 aromatic heterocycles. The van der Waals surface area contributed by atoms with Crippen LogP contribution in [0.3, 0.4) is 0 Å². The third kappa shape index (κ3) is 6.34. The van der Waals surface area contributed by atoms with Crippen LogP contribution >= 0.6 is 0 Å². The molecule has 3 aromatic rings. The number of aromatic nitrogens is 1. The van der Waals surface area contributed by atoms with E-state index in [4.69, 9.17) is 9.94 Å². The normalized spacial score (nSPS) is 16.3. The lowest BCUT2D eigenvalue weighted by atomic mass is 9.79. The minimum Gasteiger partial charge on any atom is -0.469 e. The zero-order valence-corrected chi connectivity index (χ0v) is 20.6. The van der Waals surface area contributed by atoms with Gasteiger partial charge in [0, 0.05) is 36.6 Å². The van der Waals surface area contributed by atoms with Gasteiger partial charge in [-0.3, -0.25) is 19.7 Å². The summed E-state index contributed by atoms with van der Waals surface area (Å²) in [6, 6.07) is 16.6. The molecule has 36 heavy (non-hydrogen) atoms. The number of nitrogens with zero attached hydrogens (tertiary/aromatic N) is 1. The Bertz CT molecular complexity index is 1240. The van der Waals surface area contributed by atoms with Crippen LogP contribution in [-0.2, 0) is 27.3 Å². The zero-order valence-electron chi connectivity index (χ0n) is 20.6. The van der Waals surface area contributed by atoms with Gasteiger partial charge in [0.25, 0.3) is 5.91 Å². The highest BCUT2D eigenvalue weighted by Crippen LogP contribution is 2.30. The summed E-state index contributed by atoms with van der Waals surface area (Å²) < 4.78 is 4.74. The SMILES string of the molecule is COC(=O)CCCCCN(CCc1c[nH]c2ccccc12)Cc1ccc(C2C#CC2C(=O)NO)cc1. The number of hydroxylamine groups is 1. The van der Waals surface area contributed by atoms with Crippen LogP contribution in [0.15, 0.2) is 54.7 Å². The number of carbonyl (C=O) groups is 2. The summed E-state index contributed by atoms with van der Waals surface area (Å²) in [6.07, 6.45) is 6.34. The van der Waals surface area contributed by atoms with Gasteiger partial charge in [-0.25, -0.2) is 5.48 Å². The van der Waals surface area contributed by atoms with E-state index in [1.54, 1.807) is 5.48 Å². The molecule has 4 rings (SSSR count). The number of nitrogens with one attached hydrogen (secondary N) is 2. The van der Waals surface area contributed by atoms with Crippen molar-refractivity contribution in [1.82, 2.24) is 15.4 Å². The second-order valence-electron chi connectivity index (χ2n) is 9.23. The maximum atomic E-state index is 11.7. The molecule has 188 valence electrons. The minimum atomic E-state index is -0.501. The first-order valence-corrected chi connectivity index (χ1v) is 12.5. The van der Waals surface area contributed by atoms with E-state index in [1.165, 1.54) is 23.6 Å². The average molecular weight is 488 g/mol. The monoisotopic (exact) mass is 487 g/mol. The number of benzene rings is 2. The topological polar surface area (TPSA) is 94.7 Å². The van der Waals surface area contributed by atoms with Gasteiger partial charge in [-0.15, -0.1) is 0 Å². The molecule has 7 nitrogen and oxygen atoms in total. The maximum absolute atomic E-state index is 11.7. The maximum Gasteiger partial charge on any atom is 0.305 e. The fourth-order valence-corrected chi connectivity index (χ4v) is 4.67. The van der Waals surface area contributed by atoms with Crippen molar-refractivity contribution in [3.63, 3.8) is 0 Å². The van der Waals surface area contributed by atoms with E-state index in [-0.39, 0.29) is 11.9 Å². The van der Waals surface area contributed by atoms with Gasteiger partial charge in [0.2, 0.25) is 0 Å². The van der Waals surface area contributed by atoms with Gasteiger partial charge in [0.1, 0.15) is 5.92 Å². The first-order valence-electron chi connectivity index (χ1n) is 12.5. The van der Waals surface area contributed by atoms with Crippen LogP contribution in [0.5, 0.6) is 0 Å². The van der Waals surface area contributed by atoms with Gasteiger partial charge in [-0.2, -0.15) is 0 Å². The van der Waals surface area contributed by atoms with E-state index in [0.717, 1.165) is 56.4 Å². The van der Waals surface area contributed by atoms with Gasteiger partial charge in [-0.1, -0.05) is 60.7 Å². The number of fused-ring (bicyclic) bond motifs is 1. The van der Waals surface area contributed by atoms with Crippen LogP contribution in [0.4, 0.5) is 0 Å². The number of unbranched alkanes of at least 4 members (excludes halogenated alkanes) is 2. The molecule has 0 spiro atoms. The number of para-hydroxylation sites is 1.